The van der Waals surface area contributed by atoms with Crippen LogP contribution in [-0.4, -0.2) is 25.6 Å². The van der Waals surface area contributed by atoms with E-state index in [0.29, 0.717) is 18.4 Å². The molecule has 86 valence electrons. The summed E-state index contributed by atoms with van der Waals surface area (Å²) in [6, 6.07) is 0. The van der Waals surface area contributed by atoms with E-state index in [0.717, 1.165) is 6.54 Å². The van der Waals surface area contributed by atoms with Crippen LogP contribution in [0.2, 0.25) is 0 Å². The lowest BCUT2D eigenvalue weighted by Crippen LogP contribution is -2.34. The first-order valence-corrected chi connectivity index (χ1v) is 5.50. The summed E-state index contributed by atoms with van der Waals surface area (Å²) in [6.07, 6.45) is 3.60. The molecule has 0 bridgehead atoms. The monoisotopic (exact) mass is 212 g/mol. The first-order chi connectivity index (χ1) is 7.07. The minimum Gasteiger partial charge on any atom is -0.387 e. The molecule has 1 unspecified atom stereocenters. The van der Waals surface area contributed by atoms with Gasteiger partial charge in [0.05, 0.1) is 11.8 Å². The Morgan fingerprint density at radius 3 is 2.40 bits per heavy atom. The van der Waals surface area contributed by atoms with Crippen LogP contribution in [0.5, 0.6) is 0 Å². The van der Waals surface area contributed by atoms with Crippen LogP contribution in [0.3, 0.4) is 0 Å². The summed E-state index contributed by atoms with van der Waals surface area (Å²) in [6.45, 7) is 6.49. The lowest BCUT2D eigenvalue weighted by molar-refractivity contribution is -0.0821. The van der Waals surface area contributed by atoms with Crippen molar-refractivity contribution in [1.29, 1.82) is 0 Å². The topological polar surface area (TPSA) is 58.3 Å². The summed E-state index contributed by atoms with van der Waals surface area (Å²) in [4.78, 5) is 0. The van der Waals surface area contributed by atoms with Gasteiger partial charge in [0.15, 0.2) is 0 Å². The largest absolute Gasteiger partial charge is 0.387 e. The number of hydrogen-bond donors (Lipinski definition) is 2. The fourth-order valence-electron chi connectivity index (χ4n) is 1.64. The van der Waals surface area contributed by atoms with Gasteiger partial charge in [-0.1, -0.05) is 13.8 Å². The number of aryl methyl sites for hydroxylation is 1. The second kappa shape index (κ2) is 4.77. The smallest absolute Gasteiger partial charge is 0.111 e. The lowest BCUT2D eigenvalue weighted by atomic mass is 9.88. The summed E-state index contributed by atoms with van der Waals surface area (Å²) in [5.41, 5.74) is -0.357. The van der Waals surface area contributed by atoms with Gasteiger partial charge in [0.2, 0.25) is 0 Å². The van der Waals surface area contributed by atoms with Crippen LogP contribution < -0.4 is 0 Å². The maximum atomic E-state index is 10.1. The van der Waals surface area contributed by atoms with Gasteiger partial charge >= 0.3 is 0 Å². The predicted octanol–water partition coefficient (Wildman–Crippen LogP) is 1.49. The standard InChI is InChI=1S/C11H20N2O2/c1-4-11(15,5-2)10(14)9-7-12-13(6-3)8-9/h7-8,10,14-15H,4-6H2,1-3H3. The van der Waals surface area contributed by atoms with Crippen molar-refractivity contribution in [3.05, 3.63) is 18.0 Å². The van der Waals surface area contributed by atoms with Crippen molar-refractivity contribution in [3.63, 3.8) is 0 Å². The summed E-state index contributed by atoms with van der Waals surface area (Å²) in [5, 5.41) is 24.3. The van der Waals surface area contributed by atoms with E-state index in [2.05, 4.69) is 5.10 Å². The molecule has 1 aromatic rings. The van der Waals surface area contributed by atoms with Crippen LogP contribution in [0.15, 0.2) is 12.4 Å². The highest BCUT2D eigenvalue weighted by molar-refractivity contribution is 5.12. The highest BCUT2D eigenvalue weighted by Crippen LogP contribution is 2.31. The van der Waals surface area contributed by atoms with E-state index in [4.69, 9.17) is 0 Å². The number of hydrogen-bond acceptors (Lipinski definition) is 3. The second-order valence-electron chi connectivity index (χ2n) is 3.84. The Bertz CT molecular complexity index is 305. The fraction of sp³-hybridized carbons (Fsp3) is 0.727. The molecule has 4 heteroatoms. The molecule has 0 fully saturated rings. The number of nitrogens with zero attached hydrogens (tertiary/aromatic N) is 2. The first-order valence-electron chi connectivity index (χ1n) is 5.50. The molecule has 2 N–H and O–H groups in total. The average molecular weight is 212 g/mol. The zero-order chi connectivity index (χ0) is 11.5. The summed E-state index contributed by atoms with van der Waals surface area (Å²) in [5.74, 6) is 0. The molecule has 0 saturated heterocycles. The van der Waals surface area contributed by atoms with Crippen LogP contribution in [0, 0.1) is 0 Å². The van der Waals surface area contributed by atoms with E-state index in [1.54, 1.807) is 17.1 Å². The number of aliphatic hydroxyl groups excluding tert-OH is 1. The van der Waals surface area contributed by atoms with Gasteiger partial charge in [-0.25, -0.2) is 0 Å². The summed E-state index contributed by atoms with van der Waals surface area (Å²) < 4.78 is 1.74. The van der Waals surface area contributed by atoms with Crippen molar-refractivity contribution in [1.82, 2.24) is 9.78 Å². The van der Waals surface area contributed by atoms with E-state index in [1.807, 2.05) is 20.8 Å². The molecule has 1 atom stereocenters. The second-order valence-corrected chi connectivity index (χ2v) is 3.84. The van der Waals surface area contributed by atoms with Crippen molar-refractivity contribution < 1.29 is 10.2 Å². The van der Waals surface area contributed by atoms with Crippen molar-refractivity contribution in [2.24, 2.45) is 0 Å². The van der Waals surface area contributed by atoms with Gasteiger partial charge in [-0.3, -0.25) is 4.68 Å². The van der Waals surface area contributed by atoms with Crippen molar-refractivity contribution in [2.45, 2.75) is 51.9 Å². The van der Waals surface area contributed by atoms with Gasteiger partial charge in [0.25, 0.3) is 0 Å². The van der Waals surface area contributed by atoms with Gasteiger partial charge in [-0.2, -0.15) is 5.10 Å². The molecule has 0 aliphatic carbocycles. The van der Waals surface area contributed by atoms with Gasteiger partial charge in [0, 0.05) is 18.3 Å². The Balaban J connectivity index is 2.87. The van der Waals surface area contributed by atoms with Gasteiger partial charge in [-0.15, -0.1) is 0 Å². The number of rotatable bonds is 5. The molecule has 0 aromatic carbocycles. The third kappa shape index (κ3) is 2.38. The third-order valence-corrected chi connectivity index (χ3v) is 3.03. The van der Waals surface area contributed by atoms with Crippen LogP contribution in [0.4, 0.5) is 0 Å². The zero-order valence-electron chi connectivity index (χ0n) is 9.64. The SMILES string of the molecule is CCn1cc(C(O)C(O)(CC)CC)cn1. The Morgan fingerprint density at radius 2 is 2.00 bits per heavy atom. The van der Waals surface area contributed by atoms with Crippen LogP contribution in [0.25, 0.3) is 0 Å². The number of aliphatic hydroxyl groups is 2. The quantitative estimate of drug-likeness (QED) is 0.777. The normalized spacial score (nSPS) is 14.2. The molecule has 1 rings (SSSR count). The van der Waals surface area contributed by atoms with E-state index in [9.17, 15) is 10.2 Å². The highest BCUT2D eigenvalue weighted by Gasteiger charge is 2.33. The maximum Gasteiger partial charge on any atom is 0.111 e. The lowest BCUT2D eigenvalue weighted by Gasteiger charge is -2.30. The minimum absolute atomic E-state index is 0.530. The molecule has 15 heavy (non-hydrogen) atoms. The van der Waals surface area contributed by atoms with Crippen molar-refractivity contribution in [2.75, 3.05) is 0 Å². The molecule has 0 aliphatic rings. The van der Waals surface area contributed by atoms with Gasteiger partial charge in [-0.05, 0) is 19.8 Å². The van der Waals surface area contributed by atoms with Gasteiger partial charge in [0.1, 0.15) is 6.10 Å². The van der Waals surface area contributed by atoms with E-state index < -0.39 is 11.7 Å². The van der Waals surface area contributed by atoms with Crippen LogP contribution >= 0.6 is 0 Å². The third-order valence-electron chi connectivity index (χ3n) is 3.03. The van der Waals surface area contributed by atoms with E-state index in [-0.39, 0.29) is 0 Å². The maximum absolute atomic E-state index is 10.1. The molecule has 1 aromatic heterocycles. The molecule has 1 heterocycles. The molecular formula is C11H20N2O2. The number of aromatic nitrogens is 2. The Labute approximate surface area is 90.5 Å². The zero-order valence-corrected chi connectivity index (χ0v) is 9.64. The highest BCUT2D eigenvalue weighted by atomic mass is 16.3. The van der Waals surface area contributed by atoms with E-state index in [1.165, 1.54) is 0 Å². The molecule has 0 saturated carbocycles. The van der Waals surface area contributed by atoms with Crippen LogP contribution in [0.1, 0.15) is 45.3 Å². The Hall–Kier alpha value is -0.870. The molecule has 0 aliphatic heterocycles. The van der Waals surface area contributed by atoms with Crippen LogP contribution in [-0.2, 0) is 6.54 Å². The van der Waals surface area contributed by atoms with E-state index >= 15 is 0 Å². The Kier molecular flexibility index (Phi) is 3.88. The Morgan fingerprint density at radius 1 is 1.40 bits per heavy atom. The molecule has 0 radical (unpaired) electrons. The van der Waals surface area contributed by atoms with Gasteiger partial charge < -0.3 is 10.2 Å². The first kappa shape index (κ1) is 12.2. The minimum atomic E-state index is -1.04. The molecule has 0 spiro atoms. The summed E-state index contributed by atoms with van der Waals surface area (Å²) >= 11 is 0. The van der Waals surface area contributed by atoms with Crippen molar-refractivity contribution in [3.8, 4) is 0 Å². The predicted molar refractivity (Wildman–Crippen MR) is 58.4 cm³/mol. The van der Waals surface area contributed by atoms with Crippen molar-refractivity contribution >= 4 is 0 Å². The molecule has 4 nitrogen and oxygen atoms in total. The average Bonchev–Trinajstić information content (AvgIpc) is 2.75. The molecule has 0 amide bonds. The summed E-state index contributed by atoms with van der Waals surface area (Å²) in [7, 11) is 0. The fourth-order valence-corrected chi connectivity index (χ4v) is 1.64. The molecular weight excluding hydrogens is 192 g/mol.